The maximum absolute atomic E-state index is 14.1. The number of anilines is 1. The van der Waals surface area contributed by atoms with Gasteiger partial charge in [-0.25, -0.2) is 18.1 Å². The molecule has 3 aliphatic heterocycles. The van der Waals surface area contributed by atoms with Crippen LogP contribution in [0, 0.1) is 21.4 Å². The number of aromatic amines is 1. The van der Waals surface area contributed by atoms with Crippen molar-refractivity contribution >= 4 is 62.7 Å². The van der Waals surface area contributed by atoms with Crippen LogP contribution in [0.15, 0.2) is 89.6 Å². The van der Waals surface area contributed by atoms with Crippen molar-refractivity contribution in [2.75, 3.05) is 82.9 Å². The van der Waals surface area contributed by atoms with Crippen LogP contribution >= 0.6 is 18.7 Å². The van der Waals surface area contributed by atoms with E-state index < -0.39 is 32.9 Å². The van der Waals surface area contributed by atoms with Gasteiger partial charge in [-0.15, -0.1) is 0 Å². The number of nitrogens with one attached hydrogen (secondary N) is 2. The molecule has 2 aromatic heterocycles. The number of allylic oxidation sites excluding steroid dienone is 1. The van der Waals surface area contributed by atoms with E-state index in [2.05, 4.69) is 55.4 Å². The molecule has 4 aliphatic rings. The van der Waals surface area contributed by atoms with Crippen molar-refractivity contribution < 1.29 is 32.2 Å². The van der Waals surface area contributed by atoms with Crippen LogP contribution in [0.1, 0.15) is 61.0 Å². The van der Waals surface area contributed by atoms with Crippen LogP contribution in [0.25, 0.3) is 16.6 Å². The molecule has 5 aromatic rings. The molecule has 0 bridgehead atoms. The first kappa shape index (κ1) is 46.8. The van der Waals surface area contributed by atoms with Gasteiger partial charge in [0.15, 0.2) is 0 Å². The Morgan fingerprint density at radius 1 is 1.03 bits per heavy atom. The zero-order valence-corrected chi connectivity index (χ0v) is 40.6. The number of piperazine rings is 1. The Morgan fingerprint density at radius 3 is 2.54 bits per heavy atom. The van der Waals surface area contributed by atoms with E-state index in [-0.39, 0.29) is 40.7 Å². The van der Waals surface area contributed by atoms with Crippen LogP contribution in [-0.2, 0) is 21.0 Å². The molecule has 2 N–H and O–H groups in total. The van der Waals surface area contributed by atoms with E-state index in [1.807, 2.05) is 24.9 Å². The number of nitro benzene ring substituents is 1. The molecule has 5 heterocycles. The minimum absolute atomic E-state index is 0.0249. The van der Waals surface area contributed by atoms with Gasteiger partial charge in [-0.1, -0.05) is 43.2 Å². The lowest BCUT2D eigenvalue weighted by atomic mass is 9.72. The SMILES string of the molecule is CC1(C)CCC(CN2CCN(c3ccc(C(=O)NS(=O)(=O)c4cc5c(c([N+](=O)[O-])c4)C[C@H](CCN4CCP(C)(=O)CC4)CO5)c(Oc4cnc5[nH]ccc5c4)c3)CC2)=C(c2ccc(Cl)cc2)C1. The minimum atomic E-state index is -4.65. The maximum atomic E-state index is 14.1. The van der Waals surface area contributed by atoms with Gasteiger partial charge >= 0.3 is 0 Å². The fraction of sp³-hybridized carbons (Fsp3) is 0.429. The zero-order valence-electron chi connectivity index (χ0n) is 38.1. The molecule has 1 atom stereocenters. The summed E-state index contributed by atoms with van der Waals surface area (Å²) in [6, 6.07) is 19.1. The number of ether oxygens (including phenoxy) is 2. The number of amides is 1. The van der Waals surface area contributed by atoms with Crippen LogP contribution < -0.4 is 19.1 Å². The second-order valence-electron chi connectivity index (χ2n) is 19.4. The van der Waals surface area contributed by atoms with Crippen LogP contribution in [0.4, 0.5) is 11.4 Å². The average Bonchev–Trinajstić information content (AvgIpc) is 3.77. The zero-order chi connectivity index (χ0) is 47.1. The normalized spacial score (nSPS) is 20.0. The molecule has 2 fully saturated rings. The Bertz CT molecular complexity index is 2890. The molecule has 18 heteroatoms. The Balaban J connectivity index is 0.918. The third-order valence-electron chi connectivity index (χ3n) is 13.8. The van der Waals surface area contributed by atoms with E-state index in [0.29, 0.717) is 48.8 Å². The summed E-state index contributed by atoms with van der Waals surface area (Å²) in [5.74, 6) is -0.435. The highest BCUT2D eigenvalue weighted by Crippen LogP contribution is 2.45. The summed E-state index contributed by atoms with van der Waals surface area (Å²) < 4.78 is 54.9. The highest BCUT2D eigenvalue weighted by Gasteiger charge is 2.34. The highest BCUT2D eigenvalue weighted by atomic mass is 35.5. The van der Waals surface area contributed by atoms with Crippen molar-refractivity contribution in [3.63, 3.8) is 0 Å². The summed E-state index contributed by atoms with van der Waals surface area (Å²) >= 11 is 6.25. The lowest BCUT2D eigenvalue weighted by Crippen LogP contribution is -2.47. The average molecular weight is 971 g/mol. The van der Waals surface area contributed by atoms with Crippen molar-refractivity contribution in [3.8, 4) is 17.2 Å². The number of aromatic nitrogens is 2. The quantitative estimate of drug-likeness (QED) is 0.0650. The number of pyridine rings is 1. The molecular weight excluding hydrogens is 913 g/mol. The fourth-order valence-electron chi connectivity index (χ4n) is 9.73. The first-order valence-electron chi connectivity index (χ1n) is 23.0. The van der Waals surface area contributed by atoms with Crippen molar-refractivity contribution in [1.29, 1.82) is 0 Å². The molecule has 3 aromatic carbocycles. The molecule has 9 rings (SSSR count). The van der Waals surface area contributed by atoms with Gasteiger partial charge in [0.1, 0.15) is 22.9 Å². The smallest absolute Gasteiger partial charge is 0.277 e. The van der Waals surface area contributed by atoms with E-state index >= 15 is 0 Å². The standard InChI is InChI=1S/C49H57ClN7O8PS/c1-49(2)13-10-36(43(29-49)34-4-6-37(50)7-5-34)31-55-16-18-56(19-17-55)38-8-9-41(46(26-38)65-39-25-35-11-14-51-47(35)52-30-39)48(58)53-67(62,63)40-27-44(57(59)60)42-24-33(32-64-45(42)28-40)12-15-54-20-22-66(3,61)23-21-54/h4-9,11,14,25-28,30,33H,10,12-13,15-24,29,31-32H2,1-3H3,(H,51,52)(H,53,58)/t33-/m0/s1. The van der Waals surface area contributed by atoms with Crippen LogP contribution in [0.5, 0.6) is 17.2 Å². The van der Waals surface area contributed by atoms with E-state index in [1.165, 1.54) is 29.0 Å². The van der Waals surface area contributed by atoms with Crippen LogP contribution in [0.2, 0.25) is 5.02 Å². The second-order valence-corrected chi connectivity index (χ2v) is 25.0. The number of carbonyl (C=O) groups is 1. The summed E-state index contributed by atoms with van der Waals surface area (Å²) in [4.78, 5) is 39.9. The molecule has 1 aliphatic carbocycles. The van der Waals surface area contributed by atoms with Gasteiger partial charge in [-0.05, 0) is 104 Å². The van der Waals surface area contributed by atoms with Crippen molar-refractivity contribution in [2.24, 2.45) is 11.3 Å². The number of H-pyrrole nitrogens is 1. The second kappa shape index (κ2) is 19.0. The van der Waals surface area contributed by atoms with E-state index in [0.717, 1.165) is 87.1 Å². The number of nitrogens with zero attached hydrogens (tertiary/aromatic N) is 5. The summed E-state index contributed by atoms with van der Waals surface area (Å²) in [6.07, 6.45) is 8.88. The predicted octanol–water partition coefficient (Wildman–Crippen LogP) is 9.07. The highest BCUT2D eigenvalue weighted by molar-refractivity contribution is 7.90. The minimum Gasteiger partial charge on any atom is -0.493 e. The van der Waals surface area contributed by atoms with Gasteiger partial charge in [0, 0.05) is 98.6 Å². The Morgan fingerprint density at radius 2 is 1.79 bits per heavy atom. The lowest BCUT2D eigenvalue weighted by molar-refractivity contribution is -0.386. The Kier molecular flexibility index (Phi) is 13.3. The van der Waals surface area contributed by atoms with Crippen molar-refractivity contribution in [2.45, 2.75) is 50.8 Å². The number of carbonyl (C=O) groups excluding carboxylic acids is 1. The predicted molar refractivity (Wildman–Crippen MR) is 262 cm³/mol. The summed E-state index contributed by atoms with van der Waals surface area (Å²) in [5.41, 5.74) is 5.65. The number of fused-ring (bicyclic) bond motifs is 2. The van der Waals surface area contributed by atoms with Crippen LogP contribution in [-0.4, -0.2) is 117 Å². The third-order valence-corrected chi connectivity index (χ3v) is 17.7. The number of nitro groups is 1. The Labute approximate surface area is 396 Å². The Hall–Kier alpha value is -5.25. The molecule has 67 heavy (non-hydrogen) atoms. The summed E-state index contributed by atoms with van der Waals surface area (Å²) in [5, 5.41) is 13.9. The number of benzene rings is 3. The lowest BCUT2D eigenvalue weighted by Gasteiger charge is -2.39. The van der Waals surface area contributed by atoms with Gasteiger partial charge in [0.25, 0.3) is 21.6 Å². The fourth-order valence-corrected chi connectivity index (χ4v) is 12.5. The first-order chi connectivity index (χ1) is 32.0. The van der Waals surface area contributed by atoms with Gasteiger partial charge in [-0.2, -0.15) is 0 Å². The molecule has 0 radical (unpaired) electrons. The number of hydrogen-bond acceptors (Lipinski definition) is 12. The van der Waals surface area contributed by atoms with Crippen LogP contribution in [0.3, 0.4) is 0 Å². The molecule has 15 nitrogen and oxygen atoms in total. The number of halogens is 1. The maximum Gasteiger partial charge on any atom is 0.277 e. The molecule has 0 spiro atoms. The topological polar surface area (TPSA) is 180 Å². The van der Waals surface area contributed by atoms with Crippen molar-refractivity contribution in [1.82, 2.24) is 24.5 Å². The van der Waals surface area contributed by atoms with Gasteiger partial charge in [0.2, 0.25) is 0 Å². The van der Waals surface area contributed by atoms with E-state index in [1.54, 1.807) is 30.5 Å². The molecule has 1 amide bonds. The first-order valence-corrected chi connectivity index (χ1v) is 27.3. The molecular formula is C49H57ClN7O8PS. The van der Waals surface area contributed by atoms with Gasteiger partial charge in [-0.3, -0.25) is 19.8 Å². The molecule has 0 unspecified atom stereocenters. The number of sulfonamides is 1. The molecule has 2 saturated heterocycles. The monoisotopic (exact) mass is 969 g/mol. The number of hydrogen-bond donors (Lipinski definition) is 2. The molecule has 0 saturated carbocycles. The van der Waals surface area contributed by atoms with E-state index in [4.69, 9.17) is 21.1 Å². The summed E-state index contributed by atoms with van der Waals surface area (Å²) in [6.45, 7) is 13.0. The van der Waals surface area contributed by atoms with Gasteiger partial charge < -0.3 is 28.8 Å². The number of rotatable bonds is 13. The summed E-state index contributed by atoms with van der Waals surface area (Å²) in [7, 11) is -6.71. The van der Waals surface area contributed by atoms with Gasteiger partial charge in [0.05, 0.1) is 40.9 Å². The van der Waals surface area contributed by atoms with E-state index in [9.17, 15) is 27.9 Å². The largest absolute Gasteiger partial charge is 0.493 e. The third kappa shape index (κ3) is 10.9. The molecule has 354 valence electrons. The van der Waals surface area contributed by atoms with Crippen molar-refractivity contribution in [3.05, 3.63) is 117 Å².